The Morgan fingerprint density at radius 1 is 1.43 bits per heavy atom. The first-order chi connectivity index (χ1) is 6.72. The van der Waals surface area contributed by atoms with Crippen LogP contribution in [0.3, 0.4) is 0 Å². The Labute approximate surface area is 99.6 Å². The molecule has 0 saturated carbocycles. The van der Waals surface area contributed by atoms with Crippen molar-refractivity contribution < 1.29 is 0 Å². The Morgan fingerprint density at radius 2 is 2.14 bits per heavy atom. The lowest BCUT2D eigenvalue weighted by atomic mass is 9.96. The second-order valence-corrected chi connectivity index (χ2v) is 5.23. The molecule has 1 saturated heterocycles. The molecule has 0 unspecified atom stereocenters. The minimum Gasteiger partial charge on any atom is -0.371 e. The van der Waals surface area contributed by atoms with Crippen LogP contribution in [0.1, 0.15) is 18.9 Å². The highest BCUT2D eigenvalue weighted by Crippen LogP contribution is 2.30. The van der Waals surface area contributed by atoms with Gasteiger partial charge in [-0.3, -0.25) is 0 Å². The molecule has 1 aliphatic heterocycles. The van der Waals surface area contributed by atoms with E-state index in [1.165, 1.54) is 34.3 Å². The molecule has 1 aromatic carbocycles. The van der Waals surface area contributed by atoms with Crippen molar-refractivity contribution in [1.82, 2.24) is 0 Å². The Balaban J connectivity index is 2.14. The van der Waals surface area contributed by atoms with E-state index in [2.05, 4.69) is 59.5 Å². The lowest BCUT2D eigenvalue weighted by Gasteiger charge is -2.41. The maximum Gasteiger partial charge on any atom is 0.0406 e. The number of benzene rings is 1. The van der Waals surface area contributed by atoms with E-state index in [0.29, 0.717) is 0 Å². The molecule has 0 N–H and O–H groups in total. The summed E-state index contributed by atoms with van der Waals surface area (Å²) >= 11 is 2.41. The molecule has 2 rings (SSSR count). The molecule has 1 fully saturated rings. The van der Waals surface area contributed by atoms with Gasteiger partial charge in [0.2, 0.25) is 0 Å². The summed E-state index contributed by atoms with van der Waals surface area (Å²) in [5.74, 6) is 0.923. The SMILES string of the molecule is CCC1CN(c2cccc(I)c2C)C1. The zero-order valence-corrected chi connectivity index (χ0v) is 10.9. The van der Waals surface area contributed by atoms with Crippen molar-refractivity contribution in [2.75, 3.05) is 18.0 Å². The fraction of sp³-hybridized carbons (Fsp3) is 0.500. The summed E-state index contributed by atoms with van der Waals surface area (Å²) in [6.07, 6.45) is 1.32. The fourth-order valence-electron chi connectivity index (χ4n) is 1.96. The molecule has 0 aliphatic carbocycles. The van der Waals surface area contributed by atoms with Gasteiger partial charge in [-0.15, -0.1) is 0 Å². The standard InChI is InChI=1S/C12H16IN/c1-3-10-7-14(8-10)12-6-4-5-11(13)9(12)2/h4-6,10H,3,7-8H2,1-2H3. The lowest BCUT2D eigenvalue weighted by molar-refractivity contribution is 0.398. The number of rotatable bonds is 2. The molecule has 2 heteroatoms. The van der Waals surface area contributed by atoms with Gasteiger partial charge in [0.15, 0.2) is 0 Å². The quantitative estimate of drug-likeness (QED) is 0.756. The van der Waals surface area contributed by atoms with Crippen LogP contribution >= 0.6 is 22.6 Å². The highest BCUT2D eigenvalue weighted by molar-refractivity contribution is 14.1. The van der Waals surface area contributed by atoms with Crippen LogP contribution in [0.2, 0.25) is 0 Å². The zero-order valence-electron chi connectivity index (χ0n) is 8.76. The number of nitrogens with zero attached hydrogens (tertiary/aromatic N) is 1. The molecule has 1 aliphatic rings. The van der Waals surface area contributed by atoms with Gasteiger partial charge in [-0.2, -0.15) is 0 Å². The fourth-order valence-corrected chi connectivity index (χ4v) is 2.45. The Bertz CT molecular complexity index is 329. The molecule has 0 spiro atoms. The second-order valence-electron chi connectivity index (χ2n) is 4.06. The molecule has 0 bridgehead atoms. The summed E-state index contributed by atoms with van der Waals surface area (Å²) in [6.45, 7) is 6.99. The predicted molar refractivity (Wildman–Crippen MR) is 69.9 cm³/mol. The van der Waals surface area contributed by atoms with E-state index in [1.54, 1.807) is 0 Å². The molecule has 1 aromatic rings. The average molecular weight is 301 g/mol. The Hall–Kier alpha value is -0.250. The third-order valence-corrected chi connectivity index (χ3v) is 4.28. The van der Waals surface area contributed by atoms with Crippen molar-refractivity contribution in [2.24, 2.45) is 5.92 Å². The molecular formula is C12H16IN. The summed E-state index contributed by atoms with van der Waals surface area (Å²) in [4.78, 5) is 2.49. The van der Waals surface area contributed by atoms with E-state index >= 15 is 0 Å². The van der Waals surface area contributed by atoms with Crippen molar-refractivity contribution in [1.29, 1.82) is 0 Å². The molecular weight excluding hydrogens is 285 g/mol. The van der Waals surface area contributed by atoms with Crippen LogP contribution in [0.4, 0.5) is 5.69 Å². The third-order valence-electron chi connectivity index (χ3n) is 3.11. The van der Waals surface area contributed by atoms with Crippen LogP contribution in [0.5, 0.6) is 0 Å². The smallest absolute Gasteiger partial charge is 0.0406 e. The predicted octanol–water partition coefficient (Wildman–Crippen LogP) is 3.45. The number of hydrogen-bond donors (Lipinski definition) is 0. The van der Waals surface area contributed by atoms with Gasteiger partial charge in [0.1, 0.15) is 0 Å². The molecule has 0 radical (unpaired) electrons. The second kappa shape index (κ2) is 4.09. The minimum absolute atomic E-state index is 0.923. The van der Waals surface area contributed by atoms with E-state index in [0.717, 1.165) is 5.92 Å². The van der Waals surface area contributed by atoms with Crippen molar-refractivity contribution in [2.45, 2.75) is 20.3 Å². The molecule has 0 atom stereocenters. The van der Waals surface area contributed by atoms with Gasteiger partial charge in [0, 0.05) is 22.3 Å². The van der Waals surface area contributed by atoms with Crippen LogP contribution in [0.15, 0.2) is 18.2 Å². The largest absolute Gasteiger partial charge is 0.371 e. The lowest BCUT2D eigenvalue weighted by Crippen LogP contribution is -2.46. The zero-order chi connectivity index (χ0) is 10.1. The van der Waals surface area contributed by atoms with E-state index in [1.807, 2.05) is 0 Å². The molecule has 1 heterocycles. The number of hydrogen-bond acceptors (Lipinski definition) is 1. The van der Waals surface area contributed by atoms with Gasteiger partial charge < -0.3 is 4.90 Å². The first-order valence-corrected chi connectivity index (χ1v) is 6.30. The summed E-state index contributed by atoms with van der Waals surface area (Å²) in [5, 5.41) is 0. The van der Waals surface area contributed by atoms with Crippen LogP contribution in [-0.2, 0) is 0 Å². The Kier molecular flexibility index (Phi) is 3.00. The molecule has 0 aromatic heterocycles. The normalized spacial score (nSPS) is 16.9. The highest BCUT2D eigenvalue weighted by Gasteiger charge is 2.26. The van der Waals surface area contributed by atoms with Gasteiger partial charge in [-0.25, -0.2) is 0 Å². The van der Waals surface area contributed by atoms with Crippen LogP contribution in [0.25, 0.3) is 0 Å². The maximum absolute atomic E-state index is 2.49. The minimum atomic E-state index is 0.923. The molecule has 76 valence electrons. The van der Waals surface area contributed by atoms with Gasteiger partial charge in [0.25, 0.3) is 0 Å². The third kappa shape index (κ3) is 1.76. The average Bonchev–Trinajstić information content (AvgIpc) is 2.10. The van der Waals surface area contributed by atoms with Gasteiger partial charge in [-0.05, 0) is 59.5 Å². The molecule has 1 nitrogen and oxygen atoms in total. The van der Waals surface area contributed by atoms with Crippen LogP contribution in [0, 0.1) is 16.4 Å². The van der Waals surface area contributed by atoms with Gasteiger partial charge >= 0.3 is 0 Å². The topological polar surface area (TPSA) is 3.24 Å². The van der Waals surface area contributed by atoms with E-state index < -0.39 is 0 Å². The first kappa shape index (κ1) is 10.3. The van der Waals surface area contributed by atoms with E-state index in [9.17, 15) is 0 Å². The van der Waals surface area contributed by atoms with Crippen LogP contribution < -0.4 is 4.90 Å². The maximum atomic E-state index is 2.49. The Morgan fingerprint density at radius 3 is 2.79 bits per heavy atom. The first-order valence-electron chi connectivity index (χ1n) is 5.22. The van der Waals surface area contributed by atoms with Crippen molar-refractivity contribution in [3.8, 4) is 0 Å². The van der Waals surface area contributed by atoms with Gasteiger partial charge in [0.05, 0.1) is 0 Å². The molecule has 0 amide bonds. The summed E-state index contributed by atoms with van der Waals surface area (Å²) in [5.41, 5.74) is 2.87. The van der Waals surface area contributed by atoms with Crippen LogP contribution in [-0.4, -0.2) is 13.1 Å². The highest BCUT2D eigenvalue weighted by atomic mass is 127. The van der Waals surface area contributed by atoms with Gasteiger partial charge in [-0.1, -0.05) is 13.0 Å². The van der Waals surface area contributed by atoms with Crippen molar-refractivity contribution in [3.63, 3.8) is 0 Å². The van der Waals surface area contributed by atoms with E-state index in [4.69, 9.17) is 0 Å². The summed E-state index contributed by atoms with van der Waals surface area (Å²) in [6, 6.07) is 6.57. The summed E-state index contributed by atoms with van der Waals surface area (Å²) < 4.78 is 1.38. The number of halogens is 1. The monoisotopic (exact) mass is 301 g/mol. The summed E-state index contributed by atoms with van der Waals surface area (Å²) in [7, 11) is 0. The van der Waals surface area contributed by atoms with Crippen molar-refractivity contribution in [3.05, 3.63) is 27.3 Å². The van der Waals surface area contributed by atoms with E-state index in [-0.39, 0.29) is 0 Å². The molecule has 14 heavy (non-hydrogen) atoms. The number of anilines is 1. The van der Waals surface area contributed by atoms with Crippen molar-refractivity contribution >= 4 is 28.3 Å².